The van der Waals surface area contributed by atoms with Crippen molar-refractivity contribution in [3.63, 3.8) is 0 Å². The maximum Gasteiger partial charge on any atom is 0.313 e. The molecule has 100 valence electrons. The monoisotopic (exact) mass is 278 g/mol. The molecular formula is C12H14N4O2S. The largest absolute Gasteiger partial charge is 0.481 e. The second kappa shape index (κ2) is 6.89. The molecule has 0 atom stereocenters. The fourth-order valence-electron chi connectivity index (χ4n) is 1.64. The summed E-state index contributed by atoms with van der Waals surface area (Å²) in [5, 5.41) is 20.4. The maximum absolute atomic E-state index is 10.5. The Hall–Kier alpha value is -1.89. The number of thioether (sulfide) groups is 1. The van der Waals surface area contributed by atoms with Crippen LogP contribution in [0.25, 0.3) is 0 Å². The van der Waals surface area contributed by atoms with Gasteiger partial charge in [0.1, 0.15) is 0 Å². The molecular weight excluding hydrogens is 264 g/mol. The number of benzene rings is 1. The first-order chi connectivity index (χ1) is 9.25. The van der Waals surface area contributed by atoms with Gasteiger partial charge in [-0.25, -0.2) is 4.68 Å². The fraction of sp³-hybridized carbons (Fsp3) is 0.333. The van der Waals surface area contributed by atoms with Gasteiger partial charge in [-0.3, -0.25) is 4.79 Å². The van der Waals surface area contributed by atoms with Gasteiger partial charge in [0, 0.05) is 6.54 Å². The average Bonchev–Trinajstić information content (AvgIpc) is 2.85. The first-order valence-electron chi connectivity index (χ1n) is 5.90. The summed E-state index contributed by atoms with van der Waals surface area (Å²) >= 11 is 1.14. The highest BCUT2D eigenvalue weighted by atomic mass is 32.2. The van der Waals surface area contributed by atoms with Crippen LogP contribution < -0.4 is 0 Å². The molecule has 0 amide bonds. The minimum Gasteiger partial charge on any atom is -0.481 e. The van der Waals surface area contributed by atoms with Crippen molar-refractivity contribution in [3.05, 3.63) is 35.9 Å². The molecule has 0 saturated heterocycles. The number of tetrazole rings is 1. The van der Waals surface area contributed by atoms with Crippen LogP contribution in [-0.2, 0) is 17.8 Å². The standard InChI is InChI=1S/C12H14N4O2S/c17-11(18)9-19-12-13-14-15-16(12)8-4-7-10-5-2-1-3-6-10/h1-3,5-6H,4,7-9H2,(H,17,18). The number of carbonyl (C=O) groups is 1. The lowest BCUT2D eigenvalue weighted by molar-refractivity contribution is -0.133. The summed E-state index contributed by atoms with van der Waals surface area (Å²) in [7, 11) is 0. The average molecular weight is 278 g/mol. The van der Waals surface area contributed by atoms with Crippen molar-refractivity contribution in [2.75, 3.05) is 5.75 Å². The Labute approximate surface area is 114 Å². The van der Waals surface area contributed by atoms with Crippen LogP contribution in [0.15, 0.2) is 35.5 Å². The molecule has 2 aromatic rings. The molecule has 0 saturated carbocycles. The maximum atomic E-state index is 10.5. The van der Waals surface area contributed by atoms with Gasteiger partial charge in [-0.2, -0.15) is 0 Å². The van der Waals surface area contributed by atoms with E-state index in [9.17, 15) is 4.79 Å². The zero-order valence-corrected chi connectivity index (χ0v) is 11.1. The highest BCUT2D eigenvalue weighted by Gasteiger charge is 2.08. The van der Waals surface area contributed by atoms with Gasteiger partial charge in [0.25, 0.3) is 0 Å². The van der Waals surface area contributed by atoms with Crippen molar-refractivity contribution >= 4 is 17.7 Å². The molecule has 0 spiro atoms. The van der Waals surface area contributed by atoms with Gasteiger partial charge in [-0.1, -0.05) is 42.1 Å². The molecule has 1 heterocycles. The first kappa shape index (κ1) is 13.5. The van der Waals surface area contributed by atoms with E-state index in [0.717, 1.165) is 24.6 Å². The van der Waals surface area contributed by atoms with E-state index >= 15 is 0 Å². The summed E-state index contributed by atoms with van der Waals surface area (Å²) in [5.74, 6) is -0.900. The topological polar surface area (TPSA) is 80.9 Å². The van der Waals surface area contributed by atoms with Crippen molar-refractivity contribution in [2.24, 2.45) is 0 Å². The number of hydrogen-bond donors (Lipinski definition) is 1. The van der Waals surface area contributed by atoms with Crippen molar-refractivity contribution in [1.82, 2.24) is 20.2 Å². The summed E-state index contributed by atoms with van der Waals surface area (Å²) in [6.45, 7) is 0.684. The van der Waals surface area contributed by atoms with Crippen LogP contribution in [0.5, 0.6) is 0 Å². The zero-order chi connectivity index (χ0) is 13.5. The van der Waals surface area contributed by atoms with Crippen molar-refractivity contribution < 1.29 is 9.90 Å². The number of carboxylic acid groups (broad SMARTS) is 1. The third-order valence-electron chi connectivity index (χ3n) is 2.50. The Morgan fingerprint density at radius 2 is 2.11 bits per heavy atom. The van der Waals surface area contributed by atoms with Crippen LogP contribution in [0.1, 0.15) is 12.0 Å². The van der Waals surface area contributed by atoms with Gasteiger partial charge in [0.15, 0.2) is 0 Å². The fourth-order valence-corrected chi connectivity index (χ4v) is 2.27. The predicted molar refractivity (Wildman–Crippen MR) is 70.9 cm³/mol. The Balaban J connectivity index is 1.83. The van der Waals surface area contributed by atoms with Crippen LogP contribution in [0.2, 0.25) is 0 Å². The molecule has 0 unspecified atom stereocenters. The smallest absolute Gasteiger partial charge is 0.313 e. The highest BCUT2D eigenvalue weighted by molar-refractivity contribution is 7.99. The number of carboxylic acids is 1. The summed E-state index contributed by atoms with van der Waals surface area (Å²) in [6.07, 6.45) is 1.86. The molecule has 6 nitrogen and oxygen atoms in total. The molecule has 0 radical (unpaired) electrons. The number of rotatable bonds is 7. The molecule has 2 rings (SSSR count). The van der Waals surface area contributed by atoms with Gasteiger partial charge in [0.05, 0.1) is 5.75 Å². The van der Waals surface area contributed by atoms with Crippen molar-refractivity contribution in [2.45, 2.75) is 24.5 Å². The van der Waals surface area contributed by atoms with Gasteiger partial charge < -0.3 is 5.11 Å². The van der Waals surface area contributed by atoms with E-state index in [2.05, 4.69) is 27.7 Å². The van der Waals surface area contributed by atoms with E-state index in [4.69, 9.17) is 5.11 Å². The summed E-state index contributed by atoms with van der Waals surface area (Å²) in [5.41, 5.74) is 1.27. The van der Waals surface area contributed by atoms with Gasteiger partial charge >= 0.3 is 5.97 Å². The number of aryl methyl sites for hydroxylation is 2. The highest BCUT2D eigenvalue weighted by Crippen LogP contribution is 2.13. The number of aromatic nitrogens is 4. The number of nitrogens with zero attached hydrogens (tertiary/aromatic N) is 4. The number of aliphatic carboxylic acids is 1. The summed E-state index contributed by atoms with van der Waals surface area (Å²) < 4.78 is 1.65. The third kappa shape index (κ3) is 4.36. The lowest BCUT2D eigenvalue weighted by Gasteiger charge is -2.03. The SMILES string of the molecule is O=C(O)CSc1nnnn1CCCc1ccccc1. The van der Waals surface area contributed by atoms with Crippen molar-refractivity contribution in [3.8, 4) is 0 Å². The molecule has 0 aliphatic carbocycles. The Bertz CT molecular complexity index is 530. The van der Waals surface area contributed by atoms with Crippen molar-refractivity contribution in [1.29, 1.82) is 0 Å². The second-order valence-electron chi connectivity index (χ2n) is 3.96. The molecule has 0 fully saturated rings. The Kier molecular flexibility index (Phi) is 4.91. The summed E-state index contributed by atoms with van der Waals surface area (Å²) in [4.78, 5) is 10.5. The van der Waals surface area contributed by atoms with Gasteiger partial charge in [-0.15, -0.1) is 5.10 Å². The van der Waals surface area contributed by atoms with E-state index in [-0.39, 0.29) is 5.75 Å². The third-order valence-corrected chi connectivity index (χ3v) is 3.44. The van der Waals surface area contributed by atoms with Crippen LogP contribution >= 0.6 is 11.8 Å². The summed E-state index contributed by atoms with van der Waals surface area (Å²) in [6, 6.07) is 10.2. The molecule has 0 bridgehead atoms. The predicted octanol–water partition coefficient (Wildman–Crippen LogP) is 1.48. The normalized spacial score (nSPS) is 10.5. The van der Waals surface area contributed by atoms with Gasteiger partial charge in [0.2, 0.25) is 5.16 Å². The minimum atomic E-state index is -0.871. The van der Waals surface area contributed by atoms with Gasteiger partial charge in [-0.05, 0) is 28.8 Å². The van der Waals surface area contributed by atoms with Crippen LogP contribution in [-0.4, -0.2) is 37.0 Å². The quantitative estimate of drug-likeness (QED) is 0.773. The van der Waals surface area contributed by atoms with E-state index in [1.807, 2.05) is 18.2 Å². The minimum absolute atomic E-state index is 0.0287. The molecule has 0 aliphatic rings. The van der Waals surface area contributed by atoms with Crippen LogP contribution in [0.3, 0.4) is 0 Å². The number of hydrogen-bond acceptors (Lipinski definition) is 5. The molecule has 1 aromatic heterocycles. The molecule has 7 heteroatoms. The van der Waals surface area contributed by atoms with Crippen LogP contribution in [0.4, 0.5) is 0 Å². The first-order valence-corrected chi connectivity index (χ1v) is 6.89. The molecule has 19 heavy (non-hydrogen) atoms. The lowest BCUT2D eigenvalue weighted by atomic mass is 10.1. The van der Waals surface area contributed by atoms with Crippen LogP contribution in [0, 0.1) is 0 Å². The molecule has 1 aromatic carbocycles. The van der Waals surface area contributed by atoms with E-state index in [1.165, 1.54) is 5.56 Å². The lowest BCUT2D eigenvalue weighted by Crippen LogP contribution is -2.06. The van der Waals surface area contributed by atoms with E-state index in [0.29, 0.717) is 11.7 Å². The van der Waals surface area contributed by atoms with E-state index in [1.54, 1.807) is 4.68 Å². The zero-order valence-electron chi connectivity index (χ0n) is 10.3. The second-order valence-corrected chi connectivity index (χ2v) is 4.90. The van der Waals surface area contributed by atoms with E-state index < -0.39 is 5.97 Å². The Morgan fingerprint density at radius 1 is 1.32 bits per heavy atom. The molecule has 0 aliphatic heterocycles. The Morgan fingerprint density at radius 3 is 2.84 bits per heavy atom. The molecule has 1 N–H and O–H groups in total.